The van der Waals surface area contributed by atoms with E-state index in [9.17, 15) is 4.79 Å². The van der Waals surface area contributed by atoms with E-state index in [0.717, 1.165) is 34.6 Å². The Morgan fingerprint density at radius 1 is 1.16 bits per heavy atom. The van der Waals surface area contributed by atoms with E-state index in [0.29, 0.717) is 19.0 Å². The van der Waals surface area contributed by atoms with Gasteiger partial charge in [-0.25, -0.2) is 9.48 Å². The molecule has 1 aromatic heterocycles. The summed E-state index contributed by atoms with van der Waals surface area (Å²) in [4.78, 5) is 14.7. The Morgan fingerprint density at radius 2 is 1.90 bits per heavy atom. The first-order chi connectivity index (χ1) is 14.9. The van der Waals surface area contributed by atoms with Crippen molar-refractivity contribution in [1.82, 2.24) is 20.0 Å². The number of aryl methyl sites for hydroxylation is 2. The number of ether oxygens (including phenoxy) is 1. The molecule has 3 aromatic rings. The summed E-state index contributed by atoms with van der Waals surface area (Å²) < 4.78 is 8.06. The van der Waals surface area contributed by atoms with E-state index in [1.165, 1.54) is 0 Å². The van der Waals surface area contributed by atoms with Crippen LogP contribution in [0, 0.1) is 6.92 Å². The lowest BCUT2D eigenvalue weighted by Gasteiger charge is -2.27. The van der Waals surface area contributed by atoms with E-state index < -0.39 is 0 Å². The molecule has 6 heteroatoms. The summed E-state index contributed by atoms with van der Waals surface area (Å²) in [5, 5.41) is 7.76. The van der Waals surface area contributed by atoms with Crippen molar-refractivity contribution in [2.24, 2.45) is 7.05 Å². The molecule has 1 N–H and O–H groups in total. The number of benzene rings is 2. The molecule has 6 nitrogen and oxygen atoms in total. The summed E-state index contributed by atoms with van der Waals surface area (Å²) in [5.41, 5.74) is 3.81. The summed E-state index contributed by atoms with van der Waals surface area (Å²) in [5.74, 6) is 1.38. The molecule has 3 rings (SSSR count). The second-order valence-electron chi connectivity index (χ2n) is 7.99. The molecular formula is C25H32N4O2. The van der Waals surface area contributed by atoms with Crippen molar-refractivity contribution in [3.63, 3.8) is 0 Å². The zero-order chi connectivity index (χ0) is 22.4. The molecule has 31 heavy (non-hydrogen) atoms. The lowest BCUT2D eigenvalue weighted by atomic mass is 10.1. The molecule has 0 aliphatic carbocycles. The largest absolute Gasteiger partial charge is 0.439 e. The SMILES string of the molecule is CCCNC(=O)N(Cc1c(-c2ccccc2)nn(C)c1Oc1cccc(C)c1)C(C)C. The predicted molar refractivity (Wildman–Crippen MR) is 124 cm³/mol. The van der Waals surface area contributed by atoms with Crippen LogP contribution < -0.4 is 10.1 Å². The van der Waals surface area contributed by atoms with Crippen LogP contribution in [0.25, 0.3) is 11.3 Å². The van der Waals surface area contributed by atoms with Gasteiger partial charge in [-0.1, -0.05) is 49.4 Å². The van der Waals surface area contributed by atoms with Gasteiger partial charge in [-0.3, -0.25) is 0 Å². The van der Waals surface area contributed by atoms with Crippen molar-refractivity contribution in [3.8, 4) is 22.9 Å². The number of carbonyl (C=O) groups is 1. The summed E-state index contributed by atoms with van der Waals surface area (Å²) in [6.07, 6.45) is 0.890. The van der Waals surface area contributed by atoms with Gasteiger partial charge in [-0.2, -0.15) is 5.10 Å². The Bertz CT molecular complexity index is 1010. The van der Waals surface area contributed by atoms with Crippen molar-refractivity contribution in [2.45, 2.75) is 46.7 Å². The van der Waals surface area contributed by atoms with Crippen molar-refractivity contribution in [3.05, 3.63) is 65.7 Å². The highest BCUT2D eigenvalue weighted by molar-refractivity contribution is 5.75. The molecule has 2 amide bonds. The van der Waals surface area contributed by atoms with E-state index in [1.807, 2.05) is 94.2 Å². The number of nitrogens with zero attached hydrogens (tertiary/aromatic N) is 3. The molecule has 0 aliphatic heterocycles. The van der Waals surface area contributed by atoms with Crippen LogP contribution in [0.2, 0.25) is 0 Å². The number of amides is 2. The van der Waals surface area contributed by atoms with Gasteiger partial charge in [0.2, 0.25) is 5.88 Å². The van der Waals surface area contributed by atoms with Gasteiger partial charge in [0, 0.05) is 25.2 Å². The Balaban J connectivity index is 2.05. The summed E-state index contributed by atoms with van der Waals surface area (Å²) in [6.45, 7) is 9.16. The average Bonchev–Trinajstić information content (AvgIpc) is 3.06. The maximum atomic E-state index is 12.9. The van der Waals surface area contributed by atoms with Crippen LogP contribution in [0.3, 0.4) is 0 Å². The minimum Gasteiger partial charge on any atom is -0.439 e. The Morgan fingerprint density at radius 3 is 2.55 bits per heavy atom. The van der Waals surface area contributed by atoms with E-state index >= 15 is 0 Å². The molecule has 164 valence electrons. The Labute approximate surface area is 184 Å². The first-order valence-electron chi connectivity index (χ1n) is 10.8. The Kier molecular flexibility index (Phi) is 7.34. The fourth-order valence-electron chi connectivity index (χ4n) is 3.43. The molecule has 0 bridgehead atoms. The molecular weight excluding hydrogens is 388 g/mol. The van der Waals surface area contributed by atoms with Crippen molar-refractivity contribution >= 4 is 6.03 Å². The molecule has 0 fully saturated rings. The highest BCUT2D eigenvalue weighted by Crippen LogP contribution is 2.34. The Hall–Kier alpha value is -3.28. The van der Waals surface area contributed by atoms with E-state index in [2.05, 4.69) is 5.32 Å². The molecule has 1 heterocycles. The zero-order valence-electron chi connectivity index (χ0n) is 19.1. The van der Waals surface area contributed by atoms with E-state index in [1.54, 1.807) is 4.68 Å². The molecule has 0 saturated carbocycles. The number of hydrogen-bond donors (Lipinski definition) is 1. The standard InChI is InChI=1S/C25H32N4O2/c1-6-15-26-25(30)29(18(2)3)17-22-23(20-12-8-7-9-13-20)27-28(5)24(22)31-21-14-10-11-19(4)16-21/h7-14,16,18H,6,15,17H2,1-5H3,(H,26,30). The van der Waals surface area contributed by atoms with E-state index in [4.69, 9.17) is 9.84 Å². The third-order valence-corrected chi connectivity index (χ3v) is 5.08. The van der Waals surface area contributed by atoms with Crippen molar-refractivity contribution in [1.29, 1.82) is 0 Å². The number of urea groups is 1. The molecule has 0 radical (unpaired) electrons. The molecule has 0 spiro atoms. The summed E-state index contributed by atoms with van der Waals surface area (Å²) >= 11 is 0. The molecule has 2 aromatic carbocycles. The number of rotatable bonds is 8. The zero-order valence-corrected chi connectivity index (χ0v) is 19.1. The van der Waals surface area contributed by atoms with Gasteiger partial charge >= 0.3 is 6.03 Å². The highest BCUT2D eigenvalue weighted by Gasteiger charge is 2.25. The van der Waals surface area contributed by atoms with Gasteiger partial charge in [0.25, 0.3) is 0 Å². The second kappa shape index (κ2) is 10.2. The predicted octanol–water partition coefficient (Wildman–Crippen LogP) is 5.52. The van der Waals surface area contributed by atoms with Crippen molar-refractivity contribution < 1.29 is 9.53 Å². The minimum absolute atomic E-state index is 0.0208. The topological polar surface area (TPSA) is 59.4 Å². The van der Waals surface area contributed by atoms with Gasteiger partial charge in [-0.15, -0.1) is 0 Å². The summed E-state index contributed by atoms with van der Waals surface area (Å²) in [7, 11) is 1.87. The monoisotopic (exact) mass is 420 g/mol. The normalized spacial score (nSPS) is 10.9. The lowest BCUT2D eigenvalue weighted by molar-refractivity contribution is 0.179. The van der Waals surface area contributed by atoms with Gasteiger partial charge in [0.05, 0.1) is 12.1 Å². The third kappa shape index (κ3) is 5.45. The fraction of sp³-hybridized carbons (Fsp3) is 0.360. The van der Waals surface area contributed by atoms with Crippen LogP contribution in [0.4, 0.5) is 4.79 Å². The summed E-state index contributed by atoms with van der Waals surface area (Å²) in [6, 6.07) is 17.9. The highest BCUT2D eigenvalue weighted by atomic mass is 16.5. The first-order valence-corrected chi connectivity index (χ1v) is 10.8. The van der Waals surface area contributed by atoms with Crippen LogP contribution in [-0.2, 0) is 13.6 Å². The van der Waals surface area contributed by atoms with Gasteiger partial charge in [0.1, 0.15) is 11.4 Å². The molecule has 0 atom stereocenters. The average molecular weight is 421 g/mol. The fourth-order valence-corrected chi connectivity index (χ4v) is 3.43. The number of nitrogens with one attached hydrogen (secondary N) is 1. The molecule has 0 unspecified atom stereocenters. The van der Waals surface area contributed by atoms with Crippen LogP contribution in [0.15, 0.2) is 54.6 Å². The third-order valence-electron chi connectivity index (χ3n) is 5.08. The molecule has 0 aliphatic rings. The van der Waals surface area contributed by atoms with Gasteiger partial charge in [0.15, 0.2) is 0 Å². The lowest BCUT2D eigenvalue weighted by Crippen LogP contribution is -2.43. The van der Waals surface area contributed by atoms with Crippen LogP contribution in [0.5, 0.6) is 11.6 Å². The smallest absolute Gasteiger partial charge is 0.317 e. The quantitative estimate of drug-likeness (QED) is 0.522. The van der Waals surface area contributed by atoms with Crippen LogP contribution >= 0.6 is 0 Å². The second-order valence-corrected chi connectivity index (χ2v) is 7.99. The number of carbonyl (C=O) groups excluding carboxylic acids is 1. The van der Waals surface area contributed by atoms with Gasteiger partial charge in [-0.05, 0) is 44.9 Å². The maximum Gasteiger partial charge on any atom is 0.317 e. The van der Waals surface area contributed by atoms with Crippen LogP contribution in [0.1, 0.15) is 38.3 Å². The van der Waals surface area contributed by atoms with E-state index in [-0.39, 0.29) is 12.1 Å². The first kappa shape index (κ1) is 22.4. The number of aromatic nitrogens is 2. The van der Waals surface area contributed by atoms with Crippen molar-refractivity contribution in [2.75, 3.05) is 6.54 Å². The minimum atomic E-state index is -0.0822. The van der Waals surface area contributed by atoms with Crippen LogP contribution in [-0.4, -0.2) is 33.3 Å². The number of hydrogen-bond acceptors (Lipinski definition) is 3. The van der Waals surface area contributed by atoms with Gasteiger partial charge < -0.3 is 15.0 Å². The molecule has 0 saturated heterocycles. The maximum absolute atomic E-state index is 12.9.